The van der Waals surface area contributed by atoms with E-state index in [2.05, 4.69) is 10.6 Å². The van der Waals surface area contributed by atoms with E-state index in [1.54, 1.807) is 0 Å². The summed E-state index contributed by atoms with van der Waals surface area (Å²) in [5.74, 6) is 0.167. The molecule has 104 valence electrons. The highest BCUT2D eigenvalue weighted by Gasteiger charge is 2.15. The molecule has 19 heavy (non-hydrogen) atoms. The minimum Gasteiger partial charge on any atom is -0.508 e. The fraction of sp³-hybridized carbons (Fsp3) is 0.500. The molecule has 1 aliphatic rings. The van der Waals surface area contributed by atoms with E-state index in [-0.39, 0.29) is 23.0 Å². The van der Waals surface area contributed by atoms with Gasteiger partial charge in [0.15, 0.2) is 0 Å². The van der Waals surface area contributed by atoms with Gasteiger partial charge in [0.05, 0.1) is 5.56 Å². The van der Waals surface area contributed by atoms with Crippen LogP contribution in [-0.2, 0) is 0 Å². The van der Waals surface area contributed by atoms with Crippen molar-refractivity contribution in [1.29, 1.82) is 0 Å². The molecular weight excluding hydrogens is 244 g/mol. The zero-order valence-corrected chi connectivity index (χ0v) is 10.9. The number of phenolic OH excluding ortho intramolecular Hbond substituents is 2. The summed E-state index contributed by atoms with van der Waals surface area (Å²) >= 11 is 0. The van der Waals surface area contributed by atoms with Gasteiger partial charge in [0.1, 0.15) is 11.5 Å². The molecular formula is C14H20N2O3. The van der Waals surface area contributed by atoms with Crippen LogP contribution in [0.4, 0.5) is 0 Å². The second-order valence-corrected chi connectivity index (χ2v) is 4.94. The van der Waals surface area contributed by atoms with Crippen molar-refractivity contribution in [2.45, 2.75) is 19.3 Å². The van der Waals surface area contributed by atoms with E-state index >= 15 is 0 Å². The van der Waals surface area contributed by atoms with E-state index < -0.39 is 0 Å². The number of piperidine rings is 1. The van der Waals surface area contributed by atoms with Gasteiger partial charge >= 0.3 is 0 Å². The number of hydrogen-bond donors (Lipinski definition) is 4. The number of aromatic hydroxyl groups is 2. The Hall–Kier alpha value is -1.75. The minimum atomic E-state index is -0.345. The first-order chi connectivity index (χ1) is 9.16. The molecule has 1 fully saturated rings. The molecule has 5 nitrogen and oxygen atoms in total. The SMILES string of the molecule is O=C(NCCC1CCNCC1)c1cc(O)ccc1O. The molecule has 2 rings (SSSR count). The molecule has 1 saturated heterocycles. The Morgan fingerprint density at radius 3 is 2.79 bits per heavy atom. The van der Waals surface area contributed by atoms with Crippen molar-refractivity contribution in [1.82, 2.24) is 10.6 Å². The molecule has 0 radical (unpaired) electrons. The van der Waals surface area contributed by atoms with Crippen LogP contribution in [0.2, 0.25) is 0 Å². The second kappa shape index (κ2) is 6.43. The van der Waals surface area contributed by atoms with Gasteiger partial charge in [-0.15, -0.1) is 0 Å². The Bertz CT molecular complexity index is 442. The van der Waals surface area contributed by atoms with Crippen LogP contribution < -0.4 is 10.6 Å². The number of carbonyl (C=O) groups is 1. The first-order valence-electron chi connectivity index (χ1n) is 6.67. The largest absolute Gasteiger partial charge is 0.508 e. The van der Waals surface area contributed by atoms with Crippen LogP contribution in [0.15, 0.2) is 18.2 Å². The van der Waals surface area contributed by atoms with Gasteiger partial charge < -0.3 is 20.8 Å². The number of hydrogen-bond acceptors (Lipinski definition) is 4. The highest BCUT2D eigenvalue weighted by Crippen LogP contribution is 2.22. The van der Waals surface area contributed by atoms with Gasteiger partial charge in [-0.1, -0.05) is 0 Å². The number of rotatable bonds is 4. The maximum absolute atomic E-state index is 11.9. The standard InChI is InChI=1S/C14H20N2O3/c17-11-1-2-13(18)12(9-11)14(19)16-8-5-10-3-6-15-7-4-10/h1-2,9-10,15,17-18H,3-8H2,(H,16,19). The fourth-order valence-electron chi connectivity index (χ4n) is 2.36. The molecule has 0 aromatic heterocycles. The summed E-state index contributed by atoms with van der Waals surface area (Å²) in [5.41, 5.74) is 0.116. The minimum absolute atomic E-state index is 0.0266. The molecule has 1 aliphatic heterocycles. The molecule has 0 unspecified atom stereocenters. The lowest BCUT2D eigenvalue weighted by molar-refractivity contribution is 0.0947. The lowest BCUT2D eigenvalue weighted by Gasteiger charge is -2.22. The average molecular weight is 264 g/mol. The molecule has 1 amide bonds. The molecule has 0 spiro atoms. The zero-order chi connectivity index (χ0) is 13.7. The Morgan fingerprint density at radius 1 is 1.32 bits per heavy atom. The summed E-state index contributed by atoms with van der Waals surface area (Å²) in [6, 6.07) is 3.94. The van der Waals surface area contributed by atoms with E-state index in [0.29, 0.717) is 12.5 Å². The van der Waals surface area contributed by atoms with Gasteiger partial charge in [-0.2, -0.15) is 0 Å². The molecule has 0 saturated carbocycles. The van der Waals surface area contributed by atoms with Crippen molar-refractivity contribution in [3.63, 3.8) is 0 Å². The summed E-state index contributed by atoms with van der Waals surface area (Å²) in [6.45, 7) is 2.69. The van der Waals surface area contributed by atoms with E-state index in [4.69, 9.17) is 0 Å². The maximum Gasteiger partial charge on any atom is 0.255 e. The highest BCUT2D eigenvalue weighted by atomic mass is 16.3. The van der Waals surface area contributed by atoms with Crippen molar-refractivity contribution in [2.24, 2.45) is 5.92 Å². The Balaban J connectivity index is 1.82. The lowest BCUT2D eigenvalue weighted by Crippen LogP contribution is -2.31. The van der Waals surface area contributed by atoms with Crippen LogP contribution in [0.5, 0.6) is 11.5 Å². The van der Waals surface area contributed by atoms with Gasteiger partial charge in [0, 0.05) is 6.54 Å². The predicted octanol–water partition coefficient (Wildman–Crippen LogP) is 1.22. The molecule has 0 aliphatic carbocycles. The lowest BCUT2D eigenvalue weighted by atomic mass is 9.95. The van der Waals surface area contributed by atoms with Gasteiger partial charge in [-0.3, -0.25) is 4.79 Å². The molecule has 5 heteroatoms. The smallest absolute Gasteiger partial charge is 0.255 e. The third-order valence-electron chi connectivity index (χ3n) is 3.52. The predicted molar refractivity (Wildman–Crippen MR) is 72.3 cm³/mol. The quantitative estimate of drug-likeness (QED) is 0.616. The second-order valence-electron chi connectivity index (χ2n) is 4.94. The van der Waals surface area contributed by atoms with Crippen molar-refractivity contribution < 1.29 is 15.0 Å². The van der Waals surface area contributed by atoms with E-state index in [1.807, 2.05) is 0 Å². The van der Waals surface area contributed by atoms with Crippen LogP contribution in [0.1, 0.15) is 29.6 Å². The first-order valence-corrected chi connectivity index (χ1v) is 6.67. The summed E-state index contributed by atoms with van der Waals surface area (Å²) in [5, 5.41) is 25.0. The Morgan fingerprint density at radius 2 is 2.05 bits per heavy atom. The topological polar surface area (TPSA) is 81.6 Å². The highest BCUT2D eigenvalue weighted by molar-refractivity contribution is 5.97. The number of carbonyl (C=O) groups excluding carboxylic acids is 1. The monoisotopic (exact) mass is 264 g/mol. The van der Waals surface area contributed by atoms with Crippen molar-refractivity contribution >= 4 is 5.91 Å². The zero-order valence-electron chi connectivity index (χ0n) is 10.9. The van der Waals surface area contributed by atoms with Gasteiger partial charge in [-0.05, 0) is 56.5 Å². The van der Waals surface area contributed by atoms with E-state index in [1.165, 1.54) is 18.2 Å². The van der Waals surface area contributed by atoms with Gasteiger partial charge in [-0.25, -0.2) is 0 Å². The molecule has 4 N–H and O–H groups in total. The van der Waals surface area contributed by atoms with Crippen molar-refractivity contribution in [3.05, 3.63) is 23.8 Å². The maximum atomic E-state index is 11.9. The van der Waals surface area contributed by atoms with Crippen LogP contribution in [0.3, 0.4) is 0 Å². The number of benzene rings is 1. The number of nitrogens with one attached hydrogen (secondary N) is 2. The third-order valence-corrected chi connectivity index (χ3v) is 3.52. The van der Waals surface area contributed by atoms with Crippen molar-refractivity contribution in [2.75, 3.05) is 19.6 Å². The Kier molecular flexibility index (Phi) is 4.63. The summed E-state index contributed by atoms with van der Waals surface area (Å²) < 4.78 is 0. The summed E-state index contributed by atoms with van der Waals surface area (Å²) in [4.78, 5) is 11.9. The van der Waals surface area contributed by atoms with E-state index in [9.17, 15) is 15.0 Å². The Labute approximate surface area is 112 Å². The number of phenols is 2. The average Bonchev–Trinajstić information content (AvgIpc) is 2.42. The normalized spacial score (nSPS) is 16.2. The van der Waals surface area contributed by atoms with Crippen LogP contribution in [-0.4, -0.2) is 35.8 Å². The van der Waals surface area contributed by atoms with Crippen LogP contribution >= 0.6 is 0 Å². The van der Waals surface area contributed by atoms with Crippen molar-refractivity contribution in [3.8, 4) is 11.5 Å². The van der Waals surface area contributed by atoms with Gasteiger partial charge in [0.25, 0.3) is 5.91 Å². The molecule has 0 atom stereocenters. The van der Waals surface area contributed by atoms with Crippen LogP contribution in [0.25, 0.3) is 0 Å². The molecule has 1 aromatic rings. The molecule has 1 aromatic carbocycles. The number of amides is 1. The van der Waals surface area contributed by atoms with E-state index in [0.717, 1.165) is 32.4 Å². The fourth-order valence-corrected chi connectivity index (χ4v) is 2.36. The molecule has 0 bridgehead atoms. The third kappa shape index (κ3) is 3.86. The van der Waals surface area contributed by atoms with Gasteiger partial charge in [0.2, 0.25) is 0 Å². The summed E-state index contributed by atoms with van der Waals surface area (Å²) in [7, 11) is 0. The molecule has 1 heterocycles. The first kappa shape index (κ1) is 13.7. The summed E-state index contributed by atoms with van der Waals surface area (Å²) in [6.07, 6.45) is 3.24. The van der Waals surface area contributed by atoms with Crippen LogP contribution in [0, 0.1) is 5.92 Å².